The molecule has 1 unspecified atom stereocenters. The molecule has 1 aliphatic rings. The Balaban J connectivity index is 1.42. The molecule has 36 heavy (non-hydrogen) atoms. The van der Waals surface area contributed by atoms with Crippen LogP contribution in [0, 0.1) is 11.7 Å². The van der Waals surface area contributed by atoms with Crippen LogP contribution in [0.1, 0.15) is 57.7 Å². The van der Waals surface area contributed by atoms with Gasteiger partial charge in [0.25, 0.3) is 10.0 Å². The fraction of sp³-hybridized carbons (Fsp3) is 0.444. The molecular formula is C27H34FN3O4S. The summed E-state index contributed by atoms with van der Waals surface area (Å²) in [6, 6.07) is 11.9. The largest absolute Gasteiger partial charge is 0.390 e. The second-order valence-corrected chi connectivity index (χ2v) is 11.3. The van der Waals surface area contributed by atoms with Crippen molar-refractivity contribution >= 4 is 26.6 Å². The molecule has 3 aromatic rings. The number of fused-ring (bicyclic) bond motifs is 1. The van der Waals surface area contributed by atoms with Crippen LogP contribution in [0.2, 0.25) is 0 Å². The summed E-state index contributed by atoms with van der Waals surface area (Å²) < 4.78 is 42.6. The molecule has 2 aromatic carbocycles. The third-order valence-electron chi connectivity index (χ3n) is 7.33. The quantitative estimate of drug-likeness (QED) is 0.378. The number of sulfonamides is 1. The summed E-state index contributed by atoms with van der Waals surface area (Å²) in [5, 5.41) is 22.0. The molecule has 0 spiro atoms. The molecule has 0 radical (unpaired) electrons. The monoisotopic (exact) mass is 515 g/mol. The molecule has 1 saturated heterocycles. The summed E-state index contributed by atoms with van der Waals surface area (Å²) >= 11 is 0. The van der Waals surface area contributed by atoms with Crippen molar-refractivity contribution in [2.75, 3.05) is 17.8 Å². The molecule has 1 fully saturated rings. The zero-order chi connectivity index (χ0) is 25.9. The smallest absolute Gasteiger partial charge is 0.264 e. The van der Waals surface area contributed by atoms with Gasteiger partial charge >= 0.3 is 0 Å². The maximum Gasteiger partial charge on any atom is 0.264 e. The number of hydrogen-bond donors (Lipinski definition) is 3. The molecular weight excluding hydrogens is 481 g/mol. The van der Waals surface area contributed by atoms with Gasteiger partial charge in [-0.15, -0.1) is 0 Å². The van der Waals surface area contributed by atoms with E-state index in [1.54, 1.807) is 30.3 Å². The molecule has 1 aromatic heterocycles. The topological polar surface area (TPSA) is 103 Å². The Bertz CT molecular complexity index is 1290. The molecule has 0 aliphatic carbocycles. The Morgan fingerprint density at radius 3 is 2.39 bits per heavy atom. The number of benzene rings is 2. The molecule has 0 bridgehead atoms. The molecule has 194 valence electrons. The van der Waals surface area contributed by atoms with Crippen molar-refractivity contribution in [1.29, 1.82) is 0 Å². The molecule has 1 aliphatic heterocycles. The summed E-state index contributed by atoms with van der Waals surface area (Å²) in [4.78, 5) is 5.87. The van der Waals surface area contributed by atoms with Gasteiger partial charge in [-0.25, -0.2) is 12.8 Å². The first kappa shape index (κ1) is 26.5. The number of nitrogens with one attached hydrogen (secondary N) is 1. The van der Waals surface area contributed by atoms with Gasteiger partial charge in [-0.2, -0.15) is 0 Å². The third kappa shape index (κ3) is 5.70. The van der Waals surface area contributed by atoms with E-state index in [1.807, 2.05) is 4.90 Å². The predicted molar refractivity (Wildman–Crippen MR) is 138 cm³/mol. The van der Waals surface area contributed by atoms with Crippen LogP contribution >= 0.6 is 0 Å². The lowest BCUT2D eigenvalue weighted by atomic mass is 9.81. The zero-order valence-electron chi connectivity index (χ0n) is 20.7. The molecule has 1 atom stereocenters. The molecule has 0 saturated carbocycles. The predicted octanol–water partition coefficient (Wildman–Crippen LogP) is 4.82. The van der Waals surface area contributed by atoms with E-state index in [4.69, 9.17) is 0 Å². The van der Waals surface area contributed by atoms with Gasteiger partial charge in [0.15, 0.2) is 0 Å². The summed E-state index contributed by atoms with van der Waals surface area (Å²) in [5.41, 5.74) is 0.329. The minimum absolute atomic E-state index is 0.0614. The Hall–Kier alpha value is -2.59. The van der Waals surface area contributed by atoms with Crippen LogP contribution in [-0.2, 0) is 10.0 Å². The number of hydrogen-bond acceptors (Lipinski definition) is 6. The van der Waals surface area contributed by atoms with Crippen LogP contribution in [0.5, 0.6) is 0 Å². The SMILES string of the molecule is CCC(CC)CC1(O)CCN(C(O)c2ccc(NS(=O)(=O)c3ccc(F)c4cccnc34)cc2)CC1. The van der Waals surface area contributed by atoms with Crippen molar-refractivity contribution in [2.24, 2.45) is 5.92 Å². The van der Waals surface area contributed by atoms with E-state index in [9.17, 15) is 23.0 Å². The maximum atomic E-state index is 14.1. The summed E-state index contributed by atoms with van der Waals surface area (Å²) in [6.07, 6.45) is 4.68. The van der Waals surface area contributed by atoms with Gasteiger partial charge in [-0.3, -0.25) is 14.6 Å². The number of likely N-dealkylation sites (tertiary alicyclic amines) is 1. The van der Waals surface area contributed by atoms with Gasteiger partial charge in [0, 0.05) is 30.4 Å². The van der Waals surface area contributed by atoms with E-state index in [-0.39, 0.29) is 15.8 Å². The average molecular weight is 516 g/mol. The fourth-order valence-electron chi connectivity index (χ4n) is 4.98. The number of piperidine rings is 1. The van der Waals surface area contributed by atoms with Crippen LogP contribution in [0.25, 0.3) is 10.9 Å². The van der Waals surface area contributed by atoms with E-state index in [2.05, 4.69) is 23.6 Å². The lowest BCUT2D eigenvalue weighted by Gasteiger charge is -2.41. The number of aromatic nitrogens is 1. The lowest BCUT2D eigenvalue weighted by molar-refractivity contribution is -0.0847. The van der Waals surface area contributed by atoms with E-state index in [0.29, 0.717) is 43.1 Å². The molecule has 2 heterocycles. The fourth-order valence-corrected chi connectivity index (χ4v) is 6.20. The number of anilines is 1. The van der Waals surface area contributed by atoms with E-state index in [1.165, 1.54) is 18.3 Å². The number of halogens is 1. The first-order valence-electron chi connectivity index (χ1n) is 12.5. The number of aliphatic hydroxyl groups is 2. The van der Waals surface area contributed by atoms with Crippen LogP contribution in [-0.4, -0.2) is 47.2 Å². The molecule has 4 rings (SSSR count). The van der Waals surface area contributed by atoms with Crippen LogP contribution < -0.4 is 4.72 Å². The molecule has 7 nitrogen and oxygen atoms in total. The second kappa shape index (κ2) is 10.8. The maximum absolute atomic E-state index is 14.1. The highest BCUT2D eigenvalue weighted by atomic mass is 32.2. The van der Waals surface area contributed by atoms with Crippen molar-refractivity contribution in [3.05, 3.63) is 66.1 Å². The van der Waals surface area contributed by atoms with Gasteiger partial charge in [-0.1, -0.05) is 38.8 Å². The number of rotatable bonds is 9. The standard InChI is InChI=1S/C27H34FN3O4S/c1-3-19(4-2)18-27(33)13-16-31(17-14-27)26(32)20-7-9-21(10-8-20)30-36(34,35)24-12-11-23(28)22-6-5-15-29-25(22)24/h5-12,15,19,26,30,32-33H,3-4,13-14,16-18H2,1-2H3. The van der Waals surface area contributed by atoms with Gasteiger partial charge in [0.05, 0.1) is 11.1 Å². The van der Waals surface area contributed by atoms with Crippen LogP contribution in [0.4, 0.5) is 10.1 Å². The van der Waals surface area contributed by atoms with Crippen LogP contribution in [0.15, 0.2) is 59.6 Å². The van der Waals surface area contributed by atoms with Crippen molar-refractivity contribution < 1.29 is 23.0 Å². The molecule has 9 heteroatoms. The third-order valence-corrected chi connectivity index (χ3v) is 8.74. The average Bonchev–Trinajstić information content (AvgIpc) is 2.88. The second-order valence-electron chi connectivity index (χ2n) is 9.69. The van der Waals surface area contributed by atoms with E-state index < -0.39 is 27.7 Å². The summed E-state index contributed by atoms with van der Waals surface area (Å²) in [7, 11) is -4.02. The van der Waals surface area contributed by atoms with Gasteiger partial charge < -0.3 is 10.2 Å². The Labute approximate surface area is 212 Å². The van der Waals surface area contributed by atoms with E-state index in [0.717, 1.165) is 25.3 Å². The first-order chi connectivity index (χ1) is 17.2. The normalized spacial score (nSPS) is 17.4. The zero-order valence-corrected chi connectivity index (χ0v) is 21.5. The van der Waals surface area contributed by atoms with Gasteiger partial charge in [-0.05, 0) is 67.1 Å². The highest BCUT2D eigenvalue weighted by molar-refractivity contribution is 7.93. The highest BCUT2D eigenvalue weighted by Gasteiger charge is 2.35. The van der Waals surface area contributed by atoms with Crippen molar-refractivity contribution in [3.8, 4) is 0 Å². The number of pyridine rings is 1. The van der Waals surface area contributed by atoms with Gasteiger partial charge in [0.2, 0.25) is 0 Å². The number of aliphatic hydroxyl groups excluding tert-OH is 1. The van der Waals surface area contributed by atoms with Gasteiger partial charge in [0.1, 0.15) is 16.9 Å². The van der Waals surface area contributed by atoms with E-state index >= 15 is 0 Å². The Morgan fingerprint density at radius 1 is 1.08 bits per heavy atom. The Morgan fingerprint density at radius 2 is 1.75 bits per heavy atom. The first-order valence-corrected chi connectivity index (χ1v) is 13.9. The highest BCUT2D eigenvalue weighted by Crippen LogP contribution is 2.34. The summed E-state index contributed by atoms with van der Waals surface area (Å²) in [6.45, 7) is 5.46. The van der Waals surface area contributed by atoms with Crippen LogP contribution in [0.3, 0.4) is 0 Å². The Kier molecular flexibility index (Phi) is 7.94. The summed E-state index contributed by atoms with van der Waals surface area (Å²) in [5.74, 6) is -0.0337. The molecule has 0 amide bonds. The van der Waals surface area contributed by atoms with Crippen molar-refractivity contribution in [3.63, 3.8) is 0 Å². The lowest BCUT2D eigenvalue weighted by Crippen LogP contribution is -2.46. The minimum Gasteiger partial charge on any atom is -0.390 e. The van der Waals surface area contributed by atoms with Crippen molar-refractivity contribution in [1.82, 2.24) is 9.88 Å². The molecule has 3 N–H and O–H groups in total. The van der Waals surface area contributed by atoms with Crippen molar-refractivity contribution in [2.45, 2.75) is 62.7 Å². The number of nitrogens with zero attached hydrogens (tertiary/aromatic N) is 2. The minimum atomic E-state index is -4.02.